The van der Waals surface area contributed by atoms with Crippen LogP contribution in [0.25, 0.3) is 0 Å². The highest BCUT2D eigenvalue weighted by atomic mass is 19.4. The lowest BCUT2D eigenvalue weighted by molar-refractivity contribution is -0.481. The van der Waals surface area contributed by atoms with E-state index in [4.69, 9.17) is 0 Å². The predicted octanol–water partition coefficient (Wildman–Crippen LogP) is 5.95. The Kier molecular flexibility index (Phi) is 10.4. The molecule has 0 N–H and O–H groups in total. The van der Waals surface area contributed by atoms with Gasteiger partial charge in [-0.2, -0.15) is 57.1 Å². The number of halogens is 18. The second kappa shape index (κ2) is 10.3. The zero-order valence-corrected chi connectivity index (χ0v) is 15.0. The van der Waals surface area contributed by atoms with Gasteiger partial charge in [-0.3, -0.25) is 4.74 Å². The van der Waals surface area contributed by atoms with Crippen molar-refractivity contribution >= 4 is 12.6 Å². The van der Waals surface area contributed by atoms with Crippen LogP contribution in [0.1, 0.15) is 12.8 Å². The lowest BCUT2D eigenvalue weighted by atomic mass is 10.2. The van der Waals surface area contributed by atoms with E-state index < -0.39 is 74.0 Å². The molecular formula is C12H6F18O4. The van der Waals surface area contributed by atoms with Crippen molar-refractivity contribution in [2.45, 2.75) is 61.5 Å². The molecule has 0 bridgehead atoms. The molecule has 34 heavy (non-hydrogen) atoms. The van der Waals surface area contributed by atoms with Crippen LogP contribution >= 0.6 is 0 Å². The highest BCUT2D eigenvalue weighted by Crippen LogP contribution is 2.51. The number of alkyl halides is 18. The minimum Gasteiger partial charge on any atom is -0.303 e. The zero-order chi connectivity index (χ0) is 28.2. The third kappa shape index (κ3) is 8.65. The normalized spacial score (nSPS) is 17.7. The molecule has 0 aliphatic heterocycles. The summed E-state index contributed by atoms with van der Waals surface area (Å²) >= 11 is 0. The van der Waals surface area contributed by atoms with Crippen molar-refractivity contribution in [3.05, 3.63) is 0 Å². The van der Waals surface area contributed by atoms with Crippen LogP contribution in [0.5, 0.6) is 0 Å². The zero-order valence-electron chi connectivity index (χ0n) is 15.0. The van der Waals surface area contributed by atoms with Gasteiger partial charge in [0, 0.05) is 0 Å². The molecule has 0 aromatic carbocycles. The van der Waals surface area contributed by atoms with Crippen LogP contribution in [0.4, 0.5) is 79.0 Å². The Morgan fingerprint density at radius 3 is 0.971 bits per heavy atom. The Morgan fingerprint density at radius 1 is 0.471 bits per heavy atom. The van der Waals surface area contributed by atoms with Gasteiger partial charge in [-0.25, -0.2) is 13.5 Å². The molecule has 0 aromatic heterocycles. The summed E-state index contributed by atoms with van der Waals surface area (Å²) in [6.07, 6.45) is -38.3. The van der Waals surface area contributed by atoms with Gasteiger partial charge in [-0.15, -0.1) is 13.2 Å². The summed E-state index contributed by atoms with van der Waals surface area (Å²) in [5.41, 5.74) is 0. The van der Waals surface area contributed by atoms with Gasteiger partial charge in [0.1, 0.15) is 12.6 Å². The van der Waals surface area contributed by atoms with Crippen molar-refractivity contribution in [1.82, 2.24) is 0 Å². The smallest absolute Gasteiger partial charge is 0.303 e. The molecule has 2 unspecified atom stereocenters. The SMILES string of the molecule is O=CCC(F)(OC(F)(F)C(F)(F)C(F)(F)F)C(F)(F)F.O=CCC(F)(OC(F)(F)F)C(F)(F)F. The van der Waals surface area contributed by atoms with Gasteiger partial charge in [0.15, 0.2) is 0 Å². The molecule has 0 radical (unpaired) electrons. The Bertz CT molecular complexity index is 676. The molecule has 0 heterocycles. The standard InChI is InChI=1S/C7H3F11O2.C5H3F7O2/c8-3(1-2-19,5(11,12)13)20-7(17,18)4(9,10)6(14,15)16;6-3(1-2-13,4(7,8)9)14-5(10,11)12/h2H,1H2;2H,1H2. The van der Waals surface area contributed by atoms with Crippen molar-refractivity contribution in [3.63, 3.8) is 0 Å². The van der Waals surface area contributed by atoms with E-state index in [1.165, 1.54) is 0 Å². The van der Waals surface area contributed by atoms with Gasteiger partial charge < -0.3 is 9.59 Å². The van der Waals surface area contributed by atoms with E-state index in [9.17, 15) is 88.6 Å². The topological polar surface area (TPSA) is 52.6 Å². The van der Waals surface area contributed by atoms with Gasteiger partial charge in [-0.1, -0.05) is 0 Å². The van der Waals surface area contributed by atoms with E-state index in [0.717, 1.165) is 0 Å². The average Bonchev–Trinajstić information content (AvgIpc) is 2.50. The Morgan fingerprint density at radius 2 is 0.765 bits per heavy atom. The maximum absolute atomic E-state index is 13.0. The first-order valence-corrected chi connectivity index (χ1v) is 7.21. The summed E-state index contributed by atoms with van der Waals surface area (Å²) in [4.78, 5) is 19.3. The third-order valence-corrected chi connectivity index (χ3v) is 2.83. The number of carbonyl (C=O) groups excluding carboxylic acids is 2. The minimum absolute atomic E-state index is 0.654. The fourth-order valence-corrected chi connectivity index (χ4v) is 1.26. The third-order valence-electron chi connectivity index (χ3n) is 2.83. The highest BCUT2D eigenvalue weighted by Gasteiger charge is 2.78. The first-order chi connectivity index (χ1) is 14.5. The number of hydrogen-bond donors (Lipinski definition) is 0. The fraction of sp³-hybridized carbons (Fsp3) is 0.833. The predicted molar refractivity (Wildman–Crippen MR) is 65.3 cm³/mol. The van der Waals surface area contributed by atoms with Gasteiger partial charge in [0.25, 0.3) is 0 Å². The highest BCUT2D eigenvalue weighted by molar-refractivity contribution is 5.51. The minimum atomic E-state index is -7.11. The number of carbonyl (C=O) groups is 2. The Hall–Kier alpha value is -2.00. The Balaban J connectivity index is 0. The molecule has 0 rings (SSSR count). The second-order valence-corrected chi connectivity index (χ2v) is 5.43. The number of hydrogen-bond acceptors (Lipinski definition) is 4. The summed E-state index contributed by atoms with van der Waals surface area (Å²) < 4.78 is 219. The van der Waals surface area contributed by atoms with Gasteiger partial charge in [-0.05, 0) is 0 Å². The van der Waals surface area contributed by atoms with E-state index in [1.807, 2.05) is 4.74 Å². The molecule has 0 fully saturated rings. The van der Waals surface area contributed by atoms with E-state index in [1.54, 1.807) is 0 Å². The van der Waals surface area contributed by atoms with Gasteiger partial charge >= 0.3 is 48.6 Å². The van der Waals surface area contributed by atoms with Crippen LogP contribution in [0.2, 0.25) is 0 Å². The molecule has 0 saturated carbocycles. The van der Waals surface area contributed by atoms with E-state index in [2.05, 4.69) is 4.74 Å². The first kappa shape index (κ1) is 34.2. The molecule has 22 heteroatoms. The summed E-state index contributed by atoms with van der Waals surface area (Å²) in [5, 5.41) is 0. The molecule has 0 saturated heterocycles. The summed E-state index contributed by atoms with van der Waals surface area (Å²) in [6.45, 7) is 0. The number of aldehydes is 2. The molecule has 2 atom stereocenters. The van der Waals surface area contributed by atoms with Crippen LogP contribution < -0.4 is 0 Å². The van der Waals surface area contributed by atoms with Crippen molar-refractivity contribution in [3.8, 4) is 0 Å². The molecule has 204 valence electrons. The largest absolute Gasteiger partial charge is 0.525 e. The molecule has 0 amide bonds. The van der Waals surface area contributed by atoms with Gasteiger partial charge in [0.2, 0.25) is 0 Å². The van der Waals surface area contributed by atoms with Gasteiger partial charge in [0.05, 0.1) is 12.8 Å². The molecule has 0 aliphatic rings. The van der Waals surface area contributed by atoms with E-state index >= 15 is 0 Å². The van der Waals surface area contributed by atoms with E-state index in [-0.39, 0.29) is 0 Å². The van der Waals surface area contributed by atoms with E-state index in [0.29, 0.717) is 0 Å². The molecule has 4 nitrogen and oxygen atoms in total. The van der Waals surface area contributed by atoms with Crippen molar-refractivity contribution < 1.29 is 98.1 Å². The monoisotopic (exact) mass is 556 g/mol. The quantitative estimate of drug-likeness (QED) is 0.274. The van der Waals surface area contributed by atoms with Crippen LogP contribution in [-0.2, 0) is 19.1 Å². The van der Waals surface area contributed by atoms with Crippen LogP contribution in [0.15, 0.2) is 0 Å². The number of ether oxygens (including phenoxy) is 2. The summed E-state index contributed by atoms with van der Waals surface area (Å²) in [7, 11) is 0. The summed E-state index contributed by atoms with van der Waals surface area (Å²) in [6, 6.07) is 0. The molecule has 0 aliphatic carbocycles. The van der Waals surface area contributed by atoms with Crippen LogP contribution in [0, 0.1) is 0 Å². The fourth-order valence-electron chi connectivity index (χ4n) is 1.26. The van der Waals surface area contributed by atoms with Crippen LogP contribution in [-0.4, -0.2) is 61.2 Å². The molecule has 0 aromatic rings. The molecule has 0 spiro atoms. The maximum Gasteiger partial charge on any atom is 0.525 e. The number of rotatable bonds is 8. The van der Waals surface area contributed by atoms with Crippen molar-refractivity contribution in [1.29, 1.82) is 0 Å². The van der Waals surface area contributed by atoms with Crippen molar-refractivity contribution in [2.75, 3.05) is 0 Å². The lowest BCUT2D eigenvalue weighted by Gasteiger charge is -2.34. The first-order valence-electron chi connectivity index (χ1n) is 7.21. The Labute approximate surface area is 173 Å². The maximum atomic E-state index is 13.0. The van der Waals surface area contributed by atoms with Crippen molar-refractivity contribution in [2.24, 2.45) is 0 Å². The van der Waals surface area contributed by atoms with Crippen LogP contribution in [0.3, 0.4) is 0 Å². The molecular weight excluding hydrogens is 550 g/mol. The second-order valence-electron chi connectivity index (χ2n) is 5.43. The average molecular weight is 556 g/mol. The lowest BCUT2D eigenvalue weighted by Crippen LogP contribution is -2.59. The summed E-state index contributed by atoms with van der Waals surface area (Å²) in [5.74, 6) is -17.8.